The van der Waals surface area contributed by atoms with Crippen molar-refractivity contribution in [3.8, 4) is 12.1 Å². The molecule has 0 spiro atoms. The third kappa shape index (κ3) is 2.94. The van der Waals surface area contributed by atoms with Gasteiger partial charge < -0.3 is 4.90 Å². The smallest absolute Gasteiger partial charge is 0.185 e. The molecule has 2 aliphatic rings. The van der Waals surface area contributed by atoms with Gasteiger partial charge in [-0.05, 0) is 28.0 Å². The molecular weight excluding hydrogens is 430 g/mol. The van der Waals surface area contributed by atoms with Crippen LogP contribution in [0.25, 0.3) is 16.8 Å². The topological polar surface area (TPSA) is 67.9 Å². The molecule has 0 unspecified atom stereocenters. The average Bonchev–Trinajstić information content (AvgIpc) is 3.23. The zero-order chi connectivity index (χ0) is 24.0. The lowest BCUT2D eigenvalue weighted by Crippen LogP contribution is -2.44. The summed E-state index contributed by atoms with van der Waals surface area (Å²) < 4.78 is 0. The maximum Gasteiger partial charge on any atom is 0.185 e. The number of nitrogens with zero attached hydrogens (tertiary/aromatic N) is 3. The minimum absolute atomic E-state index is 0.0917. The van der Waals surface area contributed by atoms with Crippen LogP contribution in [0.4, 0.5) is 5.69 Å². The Morgan fingerprint density at radius 1 is 0.800 bits per heavy atom. The van der Waals surface area contributed by atoms with Crippen LogP contribution in [0.5, 0.6) is 0 Å². The fourth-order valence-electron chi connectivity index (χ4n) is 5.87. The Morgan fingerprint density at radius 3 is 2.29 bits per heavy atom. The monoisotopic (exact) mass is 451 g/mol. The van der Waals surface area contributed by atoms with Gasteiger partial charge in [0.2, 0.25) is 0 Å². The summed E-state index contributed by atoms with van der Waals surface area (Å²) >= 11 is 0. The van der Waals surface area contributed by atoms with E-state index in [0.717, 1.165) is 27.6 Å². The number of carbonyl (C=O) groups excluding carboxylic acids is 1. The van der Waals surface area contributed by atoms with Gasteiger partial charge >= 0.3 is 0 Å². The summed E-state index contributed by atoms with van der Waals surface area (Å²) in [5, 5.41) is 23.2. The number of hydrogen-bond donors (Lipinski definition) is 0. The van der Waals surface area contributed by atoms with Crippen LogP contribution in [-0.4, -0.2) is 17.9 Å². The second-order valence-corrected chi connectivity index (χ2v) is 9.08. The van der Waals surface area contributed by atoms with E-state index < -0.39 is 23.4 Å². The van der Waals surface area contributed by atoms with Gasteiger partial charge in [0.15, 0.2) is 11.2 Å². The highest BCUT2D eigenvalue weighted by atomic mass is 16.1. The lowest BCUT2D eigenvalue weighted by molar-refractivity contribution is 0.0951. The van der Waals surface area contributed by atoms with Gasteiger partial charge in [-0.3, -0.25) is 4.79 Å². The van der Waals surface area contributed by atoms with Crippen molar-refractivity contribution in [1.29, 1.82) is 10.5 Å². The van der Waals surface area contributed by atoms with Crippen molar-refractivity contribution in [2.75, 3.05) is 4.90 Å². The second kappa shape index (κ2) is 7.97. The van der Waals surface area contributed by atoms with Crippen LogP contribution in [0.2, 0.25) is 0 Å². The van der Waals surface area contributed by atoms with Crippen molar-refractivity contribution in [2.45, 2.75) is 18.0 Å². The molecule has 2 heterocycles. The van der Waals surface area contributed by atoms with Crippen molar-refractivity contribution >= 4 is 28.3 Å². The molecule has 0 bridgehead atoms. The lowest BCUT2D eigenvalue weighted by Gasteiger charge is -2.35. The molecule has 0 aliphatic carbocycles. The number of fused-ring (bicyclic) bond motifs is 4. The summed E-state index contributed by atoms with van der Waals surface area (Å²) in [5.41, 5.74) is 1.80. The first-order valence-corrected chi connectivity index (χ1v) is 11.6. The van der Waals surface area contributed by atoms with E-state index in [1.54, 1.807) is 0 Å². The van der Waals surface area contributed by atoms with Crippen LogP contribution in [0, 0.1) is 28.1 Å². The normalized spacial score (nSPS) is 21.5. The van der Waals surface area contributed by atoms with Gasteiger partial charge in [0, 0.05) is 17.2 Å². The minimum atomic E-state index is -1.46. The zero-order valence-corrected chi connectivity index (χ0v) is 18.9. The van der Waals surface area contributed by atoms with E-state index in [2.05, 4.69) is 12.1 Å². The van der Waals surface area contributed by atoms with Gasteiger partial charge in [-0.25, -0.2) is 0 Å². The first kappa shape index (κ1) is 20.9. The average molecular weight is 452 g/mol. The molecular formula is C31H21N3O. The Morgan fingerprint density at radius 2 is 1.49 bits per heavy atom. The third-order valence-electron chi connectivity index (χ3n) is 7.40. The van der Waals surface area contributed by atoms with Gasteiger partial charge in [-0.2, -0.15) is 10.5 Å². The van der Waals surface area contributed by atoms with Gasteiger partial charge in [0.05, 0.1) is 18.2 Å². The van der Waals surface area contributed by atoms with Gasteiger partial charge in [-0.15, -0.1) is 0 Å². The van der Waals surface area contributed by atoms with E-state index in [9.17, 15) is 15.3 Å². The third-order valence-corrected chi connectivity index (χ3v) is 7.40. The number of anilines is 1. The molecule has 0 N–H and O–H groups in total. The van der Waals surface area contributed by atoms with E-state index in [-0.39, 0.29) is 5.78 Å². The molecule has 6 rings (SSSR count). The molecule has 1 saturated heterocycles. The summed E-state index contributed by atoms with van der Waals surface area (Å²) in [4.78, 5) is 16.3. The summed E-state index contributed by atoms with van der Waals surface area (Å²) in [6, 6.07) is 34.5. The van der Waals surface area contributed by atoms with Crippen LogP contribution >= 0.6 is 0 Å². The number of nitriles is 2. The molecule has 0 radical (unpaired) electrons. The van der Waals surface area contributed by atoms with E-state index in [4.69, 9.17) is 0 Å². The quantitative estimate of drug-likeness (QED) is 0.352. The predicted molar refractivity (Wildman–Crippen MR) is 137 cm³/mol. The second-order valence-electron chi connectivity index (χ2n) is 9.08. The van der Waals surface area contributed by atoms with Gasteiger partial charge in [0.25, 0.3) is 0 Å². The SMILES string of the molecule is N#CC1(C#N)[C@H](c2cccc3ccccc23)[C@@H](C(=O)c2ccccc2)N2c3ccccc3C=C[C@@H]21. The lowest BCUT2D eigenvalue weighted by atomic mass is 9.68. The first-order valence-electron chi connectivity index (χ1n) is 11.6. The van der Waals surface area contributed by atoms with Crippen LogP contribution in [0.15, 0.2) is 103 Å². The molecule has 0 amide bonds. The van der Waals surface area contributed by atoms with Crippen LogP contribution in [0.1, 0.15) is 27.4 Å². The maximum absolute atomic E-state index is 14.3. The number of rotatable bonds is 3. The Kier molecular flexibility index (Phi) is 4.76. The van der Waals surface area contributed by atoms with E-state index in [1.165, 1.54) is 0 Å². The fraction of sp³-hybridized carbons (Fsp3) is 0.129. The first-order chi connectivity index (χ1) is 17.2. The van der Waals surface area contributed by atoms with Crippen LogP contribution in [0.3, 0.4) is 0 Å². The number of para-hydroxylation sites is 1. The summed E-state index contributed by atoms with van der Waals surface area (Å²) in [5.74, 6) is -0.747. The molecule has 4 aromatic rings. The molecule has 0 saturated carbocycles. The Bertz CT molecular complexity index is 1560. The van der Waals surface area contributed by atoms with E-state index >= 15 is 0 Å². The highest BCUT2D eigenvalue weighted by molar-refractivity contribution is 6.05. The molecule has 0 aromatic heterocycles. The van der Waals surface area contributed by atoms with Crippen molar-refractivity contribution in [3.05, 3.63) is 120 Å². The predicted octanol–water partition coefficient (Wildman–Crippen LogP) is 6.12. The summed E-state index contributed by atoms with van der Waals surface area (Å²) in [7, 11) is 0. The molecule has 4 aromatic carbocycles. The van der Waals surface area contributed by atoms with Crippen LogP contribution < -0.4 is 4.90 Å². The standard InChI is InChI=1S/C31H21N3O/c32-19-31(20-33)27-18-17-22-10-5-7-16-26(22)34(27)29(30(35)23-11-2-1-3-12-23)28(31)25-15-8-13-21-9-4-6-14-24(21)25/h1-18,27-29H/t27-,28-,29+/m1/s1. The molecule has 4 heteroatoms. The number of benzene rings is 4. The Labute approximate surface area is 204 Å². The largest absolute Gasteiger partial charge is 0.351 e. The maximum atomic E-state index is 14.3. The molecule has 166 valence electrons. The number of hydrogen-bond acceptors (Lipinski definition) is 4. The molecule has 35 heavy (non-hydrogen) atoms. The summed E-state index contributed by atoms with van der Waals surface area (Å²) in [6.45, 7) is 0. The highest BCUT2D eigenvalue weighted by Gasteiger charge is 2.63. The van der Waals surface area contributed by atoms with Crippen molar-refractivity contribution in [1.82, 2.24) is 0 Å². The van der Waals surface area contributed by atoms with Crippen LogP contribution in [-0.2, 0) is 0 Å². The Balaban J connectivity index is 1.68. The molecule has 3 atom stereocenters. The Hall–Kier alpha value is -4.67. The molecule has 4 nitrogen and oxygen atoms in total. The number of ketones is 1. The highest BCUT2D eigenvalue weighted by Crippen LogP contribution is 2.56. The zero-order valence-electron chi connectivity index (χ0n) is 18.9. The van der Waals surface area contributed by atoms with Gasteiger partial charge in [-0.1, -0.05) is 103 Å². The molecule has 2 aliphatic heterocycles. The van der Waals surface area contributed by atoms with Crippen molar-refractivity contribution < 1.29 is 4.79 Å². The van der Waals surface area contributed by atoms with E-state index in [1.807, 2.05) is 114 Å². The van der Waals surface area contributed by atoms with Crippen molar-refractivity contribution in [3.63, 3.8) is 0 Å². The number of Topliss-reactive ketones (excluding diaryl/α,β-unsaturated/α-hetero) is 1. The minimum Gasteiger partial charge on any atom is -0.351 e. The van der Waals surface area contributed by atoms with Crippen molar-refractivity contribution in [2.24, 2.45) is 5.41 Å². The molecule has 1 fully saturated rings. The number of carbonyl (C=O) groups is 1. The van der Waals surface area contributed by atoms with Gasteiger partial charge in [0.1, 0.15) is 6.04 Å². The van der Waals surface area contributed by atoms with E-state index in [0.29, 0.717) is 5.56 Å². The fourth-order valence-corrected chi connectivity index (χ4v) is 5.87. The summed E-state index contributed by atoms with van der Waals surface area (Å²) in [6.07, 6.45) is 3.89.